The van der Waals surface area contributed by atoms with Gasteiger partial charge in [-0.3, -0.25) is 0 Å². The molecule has 0 aliphatic heterocycles. The number of anilines is 1. The Bertz CT molecular complexity index is 671. The lowest BCUT2D eigenvalue weighted by Crippen LogP contribution is -2.08. The van der Waals surface area contributed by atoms with Gasteiger partial charge < -0.3 is 10.4 Å². The molecule has 0 heterocycles. The van der Waals surface area contributed by atoms with Crippen LogP contribution in [0.3, 0.4) is 0 Å². The molecule has 0 aliphatic rings. The summed E-state index contributed by atoms with van der Waals surface area (Å²) in [5.74, 6) is -0.323. The minimum Gasteiger partial charge on any atom is -0.478 e. The zero-order chi connectivity index (χ0) is 19.5. The minimum atomic E-state index is -0.907. The second kappa shape index (κ2) is 11.3. The molecule has 26 heavy (non-hydrogen) atoms. The van der Waals surface area contributed by atoms with Gasteiger partial charge in [0.15, 0.2) is 0 Å². The Morgan fingerprint density at radius 2 is 1.88 bits per heavy atom. The summed E-state index contributed by atoms with van der Waals surface area (Å²) in [5, 5.41) is 12.4. The number of nitrogens with one attached hydrogen (secondary N) is 1. The predicted molar refractivity (Wildman–Crippen MR) is 112 cm³/mol. The number of hydrogen-bond acceptors (Lipinski definition) is 2. The van der Waals surface area contributed by atoms with Crippen LogP contribution in [0.1, 0.15) is 63.7 Å². The molecule has 0 saturated carbocycles. The molecule has 1 rings (SSSR count). The van der Waals surface area contributed by atoms with Crippen molar-refractivity contribution in [3.05, 3.63) is 65.3 Å². The molecule has 0 aliphatic carbocycles. The van der Waals surface area contributed by atoms with E-state index in [1.807, 2.05) is 6.07 Å². The number of benzene rings is 1. The lowest BCUT2D eigenvalue weighted by atomic mass is 9.94. The smallest absolute Gasteiger partial charge is 0.337 e. The maximum absolute atomic E-state index is 11.2. The number of rotatable bonds is 11. The van der Waals surface area contributed by atoms with Crippen LogP contribution in [0.15, 0.2) is 59.7 Å². The first-order valence-electron chi connectivity index (χ1n) is 9.38. The first-order chi connectivity index (χ1) is 12.3. The molecular formula is C23H33NO2. The molecule has 0 amide bonds. The molecule has 142 valence electrons. The summed E-state index contributed by atoms with van der Waals surface area (Å²) in [5.41, 5.74) is 4.86. The van der Waals surface area contributed by atoms with Crippen LogP contribution in [0.4, 0.5) is 5.69 Å². The van der Waals surface area contributed by atoms with Gasteiger partial charge in [-0.2, -0.15) is 0 Å². The molecule has 1 aromatic rings. The van der Waals surface area contributed by atoms with Gasteiger partial charge in [-0.05, 0) is 64.5 Å². The second-order valence-corrected chi connectivity index (χ2v) is 7.03. The van der Waals surface area contributed by atoms with Gasteiger partial charge in [0.2, 0.25) is 0 Å². The number of para-hydroxylation sites is 1. The SMILES string of the molecule is C=C(C)C(CC)CC=C(C)CCC=C(C)CNc1ccccc1C(=O)O. The van der Waals surface area contributed by atoms with Gasteiger partial charge in [-0.15, -0.1) is 0 Å². The molecule has 1 aromatic carbocycles. The highest BCUT2D eigenvalue weighted by Crippen LogP contribution is 2.20. The third kappa shape index (κ3) is 7.73. The van der Waals surface area contributed by atoms with E-state index in [1.165, 1.54) is 16.7 Å². The molecule has 0 bridgehead atoms. The molecule has 3 heteroatoms. The van der Waals surface area contributed by atoms with E-state index in [-0.39, 0.29) is 0 Å². The predicted octanol–water partition coefficient (Wildman–Crippen LogP) is 6.46. The molecular weight excluding hydrogens is 322 g/mol. The van der Waals surface area contributed by atoms with E-state index in [0.29, 0.717) is 23.7 Å². The molecule has 0 spiro atoms. The van der Waals surface area contributed by atoms with E-state index >= 15 is 0 Å². The fourth-order valence-corrected chi connectivity index (χ4v) is 2.84. The third-order valence-electron chi connectivity index (χ3n) is 4.69. The highest BCUT2D eigenvalue weighted by molar-refractivity contribution is 5.94. The van der Waals surface area contributed by atoms with E-state index in [9.17, 15) is 9.90 Å². The van der Waals surface area contributed by atoms with Gasteiger partial charge >= 0.3 is 5.97 Å². The maximum Gasteiger partial charge on any atom is 0.337 e. The van der Waals surface area contributed by atoms with Gasteiger partial charge in [0.1, 0.15) is 0 Å². The number of allylic oxidation sites excluding steroid dienone is 4. The van der Waals surface area contributed by atoms with Crippen LogP contribution in [0.25, 0.3) is 0 Å². The van der Waals surface area contributed by atoms with Crippen LogP contribution in [-0.4, -0.2) is 17.6 Å². The van der Waals surface area contributed by atoms with E-state index in [1.54, 1.807) is 18.2 Å². The Morgan fingerprint density at radius 1 is 1.19 bits per heavy atom. The van der Waals surface area contributed by atoms with Crippen molar-refractivity contribution in [2.75, 3.05) is 11.9 Å². The fourth-order valence-electron chi connectivity index (χ4n) is 2.84. The molecule has 0 radical (unpaired) electrons. The van der Waals surface area contributed by atoms with Crippen molar-refractivity contribution >= 4 is 11.7 Å². The average molecular weight is 356 g/mol. The molecule has 1 atom stereocenters. The lowest BCUT2D eigenvalue weighted by Gasteiger charge is -2.12. The first-order valence-corrected chi connectivity index (χ1v) is 9.38. The van der Waals surface area contributed by atoms with E-state index in [2.05, 4.69) is 51.7 Å². The van der Waals surface area contributed by atoms with Crippen LogP contribution in [0.5, 0.6) is 0 Å². The Balaban J connectivity index is 2.47. The Hall–Kier alpha value is -2.29. The molecule has 0 saturated heterocycles. The summed E-state index contributed by atoms with van der Waals surface area (Å²) >= 11 is 0. The largest absolute Gasteiger partial charge is 0.478 e. The number of carboxylic acids is 1. The Labute approximate surface area is 158 Å². The van der Waals surface area contributed by atoms with Crippen molar-refractivity contribution in [2.45, 2.75) is 53.4 Å². The van der Waals surface area contributed by atoms with Crippen LogP contribution in [0.2, 0.25) is 0 Å². The summed E-state index contributed by atoms with van der Waals surface area (Å²) < 4.78 is 0. The minimum absolute atomic E-state index is 0.307. The molecule has 1 unspecified atom stereocenters. The van der Waals surface area contributed by atoms with Crippen molar-refractivity contribution in [1.82, 2.24) is 0 Å². The van der Waals surface area contributed by atoms with E-state index in [0.717, 1.165) is 25.7 Å². The Kier molecular flexibility index (Phi) is 9.50. The molecule has 0 aromatic heterocycles. The quantitative estimate of drug-likeness (QED) is 0.448. The van der Waals surface area contributed by atoms with Crippen molar-refractivity contribution in [3.8, 4) is 0 Å². The van der Waals surface area contributed by atoms with Crippen LogP contribution in [0, 0.1) is 5.92 Å². The van der Waals surface area contributed by atoms with Crippen molar-refractivity contribution in [2.24, 2.45) is 5.92 Å². The van der Waals surface area contributed by atoms with Gasteiger partial charge in [0.05, 0.1) is 5.56 Å². The molecule has 3 nitrogen and oxygen atoms in total. The third-order valence-corrected chi connectivity index (χ3v) is 4.69. The zero-order valence-corrected chi connectivity index (χ0v) is 16.6. The highest BCUT2D eigenvalue weighted by Gasteiger charge is 2.08. The fraction of sp³-hybridized carbons (Fsp3) is 0.435. The van der Waals surface area contributed by atoms with Crippen molar-refractivity contribution in [1.29, 1.82) is 0 Å². The lowest BCUT2D eigenvalue weighted by molar-refractivity contribution is 0.0698. The average Bonchev–Trinajstić information content (AvgIpc) is 2.60. The van der Waals surface area contributed by atoms with Gasteiger partial charge in [-0.1, -0.05) is 54.5 Å². The summed E-state index contributed by atoms with van der Waals surface area (Å²) in [6.07, 6.45) is 8.84. The zero-order valence-electron chi connectivity index (χ0n) is 16.6. The number of aromatic carboxylic acids is 1. The summed E-state index contributed by atoms with van der Waals surface area (Å²) in [4.78, 5) is 11.2. The number of carbonyl (C=O) groups is 1. The van der Waals surface area contributed by atoms with E-state index < -0.39 is 5.97 Å². The van der Waals surface area contributed by atoms with Gasteiger partial charge in [0.25, 0.3) is 0 Å². The normalized spacial score (nSPS) is 13.4. The summed E-state index contributed by atoms with van der Waals surface area (Å²) in [6, 6.07) is 7.00. The standard InChI is InChI=1S/C23H33NO2/c1-6-20(17(2)3)15-14-18(4)10-9-11-19(5)16-24-22-13-8-7-12-21(22)23(25)26/h7-8,11-14,20,24H,2,6,9-10,15-16H2,1,3-5H3,(H,25,26). The van der Waals surface area contributed by atoms with Crippen molar-refractivity contribution < 1.29 is 9.90 Å². The second-order valence-electron chi connectivity index (χ2n) is 7.03. The number of hydrogen-bond donors (Lipinski definition) is 2. The van der Waals surface area contributed by atoms with Crippen LogP contribution >= 0.6 is 0 Å². The topological polar surface area (TPSA) is 49.3 Å². The first kappa shape index (κ1) is 21.8. The van der Waals surface area contributed by atoms with Crippen LogP contribution in [-0.2, 0) is 0 Å². The van der Waals surface area contributed by atoms with Crippen LogP contribution < -0.4 is 5.32 Å². The number of carboxylic acid groups (broad SMARTS) is 1. The summed E-state index contributed by atoms with van der Waals surface area (Å²) in [7, 11) is 0. The summed E-state index contributed by atoms with van der Waals surface area (Å²) in [6.45, 7) is 13.3. The molecule has 0 fully saturated rings. The molecule has 2 N–H and O–H groups in total. The monoisotopic (exact) mass is 355 g/mol. The Morgan fingerprint density at radius 3 is 2.50 bits per heavy atom. The maximum atomic E-state index is 11.2. The van der Waals surface area contributed by atoms with E-state index in [4.69, 9.17) is 0 Å². The highest BCUT2D eigenvalue weighted by atomic mass is 16.4. The van der Waals surface area contributed by atoms with Gasteiger partial charge in [-0.25, -0.2) is 4.79 Å². The van der Waals surface area contributed by atoms with Crippen molar-refractivity contribution in [3.63, 3.8) is 0 Å². The van der Waals surface area contributed by atoms with Gasteiger partial charge in [0, 0.05) is 12.2 Å².